The largest absolute Gasteiger partial charge is 0.389 e. The highest BCUT2D eigenvalue weighted by Gasteiger charge is 2.20. The molecule has 0 saturated heterocycles. The van der Waals surface area contributed by atoms with E-state index >= 15 is 0 Å². The zero-order valence-electron chi connectivity index (χ0n) is 12.1. The van der Waals surface area contributed by atoms with Crippen molar-refractivity contribution in [3.8, 4) is 0 Å². The van der Waals surface area contributed by atoms with Crippen LogP contribution in [-0.4, -0.2) is 35.1 Å². The van der Waals surface area contributed by atoms with Crippen molar-refractivity contribution >= 4 is 5.91 Å². The molecule has 0 aromatic heterocycles. The van der Waals surface area contributed by atoms with Gasteiger partial charge in [-0.1, -0.05) is 18.2 Å². The fourth-order valence-corrected chi connectivity index (χ4v) is 2.71. The average molecular weight is 261 g/mol. The molecule has 0 spiro atoms. The second-order valence-corrected chi connectivity index (χ2v) is 6.20. The number of likely N-dealkylation sites (N-methyl/N-ethyl adjacent to an activating group) is 1. The summed E-state index contributed by atoms with van der Waals surface area (Å²) in [6.45, 7) is 3.79. The Hall–Kier alpha value is -1.35. The van der Waals surface area contributed by atoms with E-state index in [0.717, 1.165) is 12.0 Å². The van der Waals surface area contributed by atoms with Crippen LogP contribution in [0.15, 0.2) is 18.2 Å². The van der Waals surface area contributed by atoms with Crippen molar-refractivity contribution in [1.29, 1.82) is 0 Å². The molecule has 2 rings (SSSR count). The quantitative estimate of drug-likeness (QED) is 0.900. The summed E-state index contributed by atoms with van der Waals surface area (Å²) in [6, 6.07) is 6.37. The Labute approximate surface area is 115 Å². The van der Waals surface area contributed by atoms with Crippen molar-refractivity contribution in [1.82, 2.24) is 4.90 Å². The Morgan fingerprint density at radius 1 is 1.32 bits per heavy atom. The van der Waals surface area contributed by atoms with Gasteiger partial charge in [-0.2, -0.15) is 0 Å². The minimum Gasteiger partial charge on any atom is -0.389 e. The predicted molar refractivity (Wildman–Crippen MR) is 76.1 cm³/mol. The molecule has 104 valence electrons. The van der Waals surface area contributed by atoms with Gasteiger partial charge in [0, 0.05) is 13.6 Å². The van der Waals surface area contributed by atoms with Gasteiger partial charge < -0.3 is 10.0 Å². The van der Waals surface area contributed by atoms with E-state index in [2.05, 4.69) is 18.2 Å². The van der Waals surface area contributed by atoms with Crippen molar-refractivity contribution in [2.45, 2.75) is 45.1 Å². The maximum Gasteiger partial charge on any atom is 0.226 e. The second-order valence-electron chi connectivity index (χ2n) is 6.20. The smallest absolute Gasteiger partial charge is 0.226 e. The lowest BCUT2D eigenvalue weighted by Gasteiger charge is -2.25. The van der Waals surface area contributed by atoms with Crippen LogP contribution in [0.5, 0.6) is 0 Å². The lowest BCUT2D eigenvalue weighted by Crippen LogP contribution is -2.40. The van der Waals surface area contributed by atoms with Gasteiger partial charge in [0.25, 0.3) is 0 Å². The number of rotatable bonds is 4. The molecule has 3 heteroatoms. The van der Waals surface area contributed by atoms with E-state index in [4.69, 9.17) is 0 Å². The molecular weight excluding hydrogens is 238 g/mol. The lowest BCUT2D eigenvalue weighted by molar-refractivity contribution is -0.131. The Kier molecular flexibility index (Phi) is 3.95. The van der Waals surface area contributed by atoms with Crippen molar-refractivity contribution in [3.05, 3.63) is 34.9 Å². The van der Waals surface area contributed by atoms with Gasteiger partial charge in [-0.05, 0) is 49.8 Å². The second kappa shape index (κ2) is 5.33. The van der Waals surface area contributed by atoms with E-state index in [1.54, 1.807) is 25.8 Å². The van der Waals surface area contributed by atoms with Crippen LogP contribution in [0.4, 0.5) is 0 Å². The normalized spacial score (nSPS) is 14.3. The van der Waals surface area contributed by atoms with E-state index in [-0.39, 0.29) is 5.91 Å². The molecule has 1 amide bonds. The SMILES string of the molecule is CN(CC(C)(C)O)C(=O)Cc1ccc2c(c1)CCC2. The maximum absolute atomic E-state index is 12.1. The number of fused-ring (bicyclic) bond motifs is 1. The molecular formula is C16H23NO2. The first-order valence-corrected chi connectivity index (χ1v) is 6.92. The molecule has 0 heterocycles. The molecule has 0 atom stereocenters. The molecule has 1 aromatic rings. The first kappa shape index (κ1) is 14.1. The topological polar surface area (TPSA) is 40.5 Å². The maximum atomic E-state index is 12.1. The summed E-state index contributed by atoms with van der Waals surface area (Å²) in [4.78, 5) is 13.7. The summed E-state index contributed by atoms with van der Waals surface area (Å²) in [5, 5.41) is 9.74. The average Bonchev–Trinajstić information content (AvgIpc) is 2.73. The Balaban J connectivity index is 1.99. The van der Waals surface area contributed by atoms with Crippen LogP contribution in [0.3, 0.4) is 0 Å². The minimum atomic E-state index is -0.845. The van der Waals surface area contributed by atoms with Crippen LogP contribution in [0, 0.1) is 0 Å². The van der Waals surface area contributed by atoms with Crippen molar-refractivity contribution in [3.63, 3.8) is 0 Å². The summed E-state index contributed by atoms with van der Waals surface area (Å²) < 4.78 is 0. The van der Waals surface area contributed by atoms with Gasteiger partial charge >= 0.3 is 0 Å². The van der Waals surface area contributed by atoms with Crippen LogP contribution < -0.4 is 0 Å². The van der Waals surface area contributed by atoms with E-state index in [0.29, 0.717) is 13.0 Å². The number of nitrogens with zero attached hydrogens (tertiary/aromatic N) is 1. The number of aliphatic hydroxyl groups is 1. The van der Waals surface area contributed by atoms with Gasteiger partial charge in [-0.3, -0.25) is 4.79 Å². The monoisotopic (exact) mass is 261 g/mol. The molecule has 0 radical (unpaired) electrons. The molecule has 1 aliphatic rings. The minimum absolute atomic E-state index is 0.0556. The van der Waals surface area contributed by atoms with Crippen molar-refractivity contribution in [2.75, 3.05) is 13.6 Å². The zero-order valence-corrected chi connectivity index (χ0v) is 12.1. The van der Waals surface area contributed by atoms with Crippen LogP contribution in [0.1, 0.15) is 37.0 Å². The zero-order chi connectivity index (χ0) is 14.0. The summed E-state index contributed by atoms with van der Waals surface area (Å²) in [5.74, 6) is 0.0556. The first-order valence-electron chi connectivity index (χ1n) is 6.92. The third kappa shape index (κ3) is 3.80. The fourth-order valence-electron chi connectivity index (χ4n) is 2.71. The first-order chi connectivity index (χ1) is 8.85. The van der Waals surface area contributed by atoms with Gasteiger partial charge in [0.2, 0.25) is 5.91 Å². The van der Waals surface area contributed by atoms with Crippen LogP contribution >= 0.6 is 0 Å². The van der Waals surface area contributed by atoms with Gasteiger partial charge in [0.05, 0.1) is 12.0 Å². The fraction of sp³-hybridized carbons (Fsp3) is 0.562. The molecule has 0 bridgehead atoms. The van der Waals surface area contributed by atoms with Crippen LogP contribution in [0.2, 0.25) is 0 Å². The molecule has 0 saturated carbocycles. The van der Waals surface area contributed by atoms with Crippen molar-refractivity contribution < 1.29 is 9.90 Å². The summed E-state index contributed by atoms with van der Waals surface area (Å²) in [5.41, 5.74) is 3.06. The number of carbonyl (C=O) groups is 1. The number of carbonyl (C=O) groups excluding carboxylic acids is 1. The van der Waals surface area contributed by atoms with Gasteiger partial charge in [-0.15, -0.1) is 0 Å². The van der Waals surface area contributed by atoms with Gasteiger partial charge in [0.15, 0.2) is 0 Å². The van der Waals surface area contributed by atoms with Crippen LogP contribution in [-0.2, 0) is 24.1 Å². The number of aryl methyl sites for hydroxylation is 2. The third-order valence-electron chi connectivity index (χ3n) is 3.57. The summed E-state index contributed by atoms with van der Waals surface area (Å²) in [7, 11) is 1.74. The molecule has 0 fully saturated rings. The molecule has 1 aromatic carbocycles. The Morgan fingerprint density at radius 2 is 2.00 bits per heavy atom. The number of amides is 1. The third-order valence-corrected chi connectivity index (χ3v) is 3.57. The molecule has 0 aliphatic heterocycles. The highest BCUT2D eigenvalue weighted by Crippen LogP contribution is 2.23. The molecule has 1 aliphatic carbocycles. The number of hydrogen-bond donors (Lipinski definition) is 1. The van der Waals surface area contributed by atoms with E-state index in [1.807, 2.05) is 0 Å². The highest BCUT2D eigenvalue weighted by molar-refractivity contribution is 5.78. The number of benzene rings is 1. The molecule has 19 heavy (non-hydrogen) atoms. The summed E-state index contributed by atoms with van der Waals surface area (Å²) >= 11 is 0. The Morgan fingerprint density at radius 3 is 2.68 bits per heavy atom. The van der Waals surface area contributed by atoms with Crippen LogP contribution in [0.25, 0.3) is 0 Å². The standard InChI is InChI=1S/C16H23NO2/c1-16(2,19)11-17(3)15(18)10-12-7-8-13-5-4-6-14(13)9-12/h7-9,19H,4-6,10-11H2,1-3H3. The molecule has 0 unspecified atom stereocenters. The molecule has 3 nitrogen and oxygen atoms in total. The predicted octanol–water partition coefficient (Wildman–Crippen LogP) is 1.95. The number of hydrogen-bond acceptors (Lipinski definition) is 2. The van der Waals surface area contributed by atoms with E-state index in [9.17, 15) is 9.90 Å². The Bertz CT molecular complexity index is 474. The van der Waals surface area contributed by atoms with E-state index in [1.165, 1.54) is 24.0 Å². The van der Waals surface area contributed by atoms with E-state index < -0.39 is 5.60 Å². The van der Waals surface area contributed by atoms with Gasteiger partial charge in [-0.25, -0.2) is 0 Å². The molecule has 1 N–H and O–H groups in total. The summed E-state index contributed by atoms with van der Waals surface area (Å²) in [6.07, 6.45) is 3.95. The lowest BCUT2D eigenvalue weighted by atomic mass is 10.0. The highest BCUT2D eigenvalue weighted by atomic mass is 16.3. The van der Waals surface area contributed by atoms with Gasteiger partial charge in [0.1, 0.15) is 0 Å². The van der Waals surface area contributed by atoms with Crippen molar-refractivity contribution in [2.24, 2.45) is 0 Å².